The molecular weight excluding hydrogens is 250 g/mol. The average molecular weight is 279 g/mol. The SMILES string of the molecule is CC(CNC(C)C12CC3CC(CC(C3)C1)C2)C(N)=NO. The van der Waals surface area contributed by atoms with Crippen LogP contribution in [0.15, 0.2) is 5.16 Å². The van der Waals surface area contributed by atoms with Gasteiger partial charge in [-0.05, 0) is 68.6 Å². The number of nitrogens with one attached hydrogen (secondary N) is 1. The van der Waals surface area contributed by atoms with E-state index in [1.807, 2.05) is 6.92 Å². The van der Waals surface area contributed by atoms with Gasteiger partial charge < -0.3 is 16.3 Å². The molecule has 0 aliphatic heterocycles. The third-order valence-electron chi connectivity index (χ3n) is 6.35. The van der Waals surface area contributed by atoms with Gasteiger partial charge in [0.2, 0.25) is 0 Å². The van der Waals surface area contributed by atoms with Gasteiger partial charge in [0.25, 0.3) is 0 Å². The van der Waals surface area contributed by atoms with Crippen LogP contribution in [0.2, 0.25) is 0 Å². The highest BCUT2D eigenvalue weighted by Gasteiger charge is 2.52. The van der Waals surface area contributed by atoms with E-state index in [9.17, 15) is 0 Å². The summed E-state index contributed by atoms with van der Waals surface area (Å²) >= 11 is 0. The monoisotopic (exact) mass is 279 g/mol. The van der Waals surface area contributed by atoms with Crippen molar-refractivity contribution in [1.82, 2.24) is 5.32 Å². The van der Waals surface area contributed by atoms with Gasteiger partial charge in [0.1, 0.15) is 5.84 Å². The van der Waals surface area contributed by atoms with Crippen LogP contribution in [0.3, 0.4) is 0 Å². The number of nitrogens with two attached hydrogens (primary N) is 1. The van der Waals surface area contributed by atoms with Crippen LogP contribution in [-0.2, 0) is 0 Å². The summed E-state index contributed by atoms with van der Waals surface area (Å²) in [6.45, 7) is 5.17. The molecule has 4 N–H and O–H groups in total. The molecule has 0 aromatic carbocycles. The topological polar surface area (TPSA) is 70.6 Å². The highest BCUT2D eigenvalue weighted by molar-refractivity contribution is 5.82. The van der Waals surface area contributed by atoms with Crippen molar-refractivity contribution in [2.75, 3.05) is 6.54 Å². The molecule has 0 aromatic heterocycles. The molecule has 0 aromatic rings. The fourth-order valence-corrected chi connectivity index (χ4v) is 5.48. The van der Waals surface area contributed by atoms with Crippen molar-refractivity contribution >= 4 is 5.84 Å². The Balaban J connectivity index is 1.61. The van der Waals surface area contributed by atoms with Crippen LogP contribution in [0.25, 0.3) is 0 Å². The summed E-state index contributed by atoms with van der Waals surface area (Å²) in [5.41, 5.74) is 6.20. The molecule has 0 saturated heterocycles. The molecule has 0 spiro atoms. The normalized spacial score (nSPS) is 42.7. The lowest BCUT2D eigenvalue weighted by Gasteiger charge is -2.59. The van der Waals surface area contributed by atoms with Crippen LogP contribution >= 0.6 is 0 Å². The van der Waals surface area contributed by atoms with Gasteiger partial charge >= 0.3 is 0 Å². The molecule has 4 aliphatic rings. The number of nitrogens with zero attached hydrogens (tertiary/aromatic N) is 1. The number of hydrogen-bond acceptors (Lipinski definition) is 3. The van der Waals surface area contributed by atoms with Crippen LogP contribution < -0.4 is 11.1 Å². The lowest BCUT2D eigenvalue weighted by Crippen LogP contribution is -2.55. The van der Waals surface area contributed by atoms with E-state index in [1.54, 1.807) is 0 Å². The first-order valence-corrected chi connectivity index (χ1v) is 8.23. The summed E-state index contributed by atoms with van der Waals surface area (Å²) in [5.74, 6) is 3.40. The minimum absolute atomic E-state index is 0.0939. The van der Waals surface area contributed by atoms with Gasteiger partial charge in [-0.1, -0.05) is 12.1 Å². The predicted molar refractivity (Wildman–Crippen MR) is 80.6 cm³/mol. The molecule has 114 valence electrons. The highest BCUT2D eigenvalue weighted by atomic mass is 16.4. The number of oxime groups is 1. The molecule has 4 saturated carbocycles. The van der Waals surface area contributed by atoms with Crippen molar-refractivity contribution in [1.29, 1.82) is 0 Å². The Bertz CT molecular complexity index is 358. The Kier molecular flexibility index (Phi) is 3.69. The van der Waals surface area contributed by atoms with Crippen molar-refractivity contribution in [2.45, 2.75) is 58.4 Å². The minimum Gasteiger partial charge on any atom is -0.409 e. The zero-order valence-electron chi connectivity index (χ0n) is 12.8. The van der Waals surface area contributed by atoms with E-state index in [1.165, 1.54) is 38.5 Å². The van der Waals surface area contributed by atoms with E-state index in [0.717, 1.165) is 24.3 Å². The van der Waals surface area contributed by atoms with Crippen molar-refractivity contribution in [3.63, 3.8) is 0 Å². The number of amidine groups is 1. The van der Waals surface area contributed by atoms with Gasteiger partial charge in [0.05, 0.1) is 0 Å². The minimum atomic E-state index is 0.0939. The quantitative estimate of drug-likeness (QED) is 0.313. The summed E-state index contributed by atoms with van der Waals surface area (Å²) in [4.78, 5) is 0. The first-order valence-electron chi connectivity index (χ1n) is 8.23. The van der Waals surface area contributed by atoms with E-state index in [0.29, 0.717) is 17.3 Å². The standard InChI is InChI=1S/C16H29N3O/c1-10(15(17)19-20)9-18-11(2)16-6-12-3-13(7-16)5-14(4-12)8-16/h10-14,18,20H,3-9H2,1-2H3,(H2,17,19). The largest absolute Gasteiger partial charge is 0.409 e. The molecule has 4 heteroatoms. The lowest BCUT2D eigenvalue weighted by atomic mass is 9.48. The van der Waals surface area contributed by atoms with Gasteiger partial charge in [-0.3, -0.25) is 0 Å². The van der Waals surface area contributed by atoms with E-state index >= 15 is 0 Å². The molecule has 0 heterocycles. The first-order chi connectivity index (χ1) is 9.52. The lowest BCUT2D eigenvalue weighted by molar-refractivity contribution is -0.0705. The second kappa shape index (κ2) is 5.21. The first kappa shape index (κ1) is 14.2. The summed E-state index contributed by atoms with van der Waals surface area (Å²) in [6.07, 6.45) is 8.74. The number of hydrogen-bond donors (Lipinski definition) is 3. The maximum Gasteiger partial charge on any atom is 0.143 e. The molecule has 4 bridgehead atoms. The second-order valence-electron chi connectivity index (χ2n) is 7.84. The zero-order chi connectivity index (χ0) is 14.3. The van der Waals surface area contributed by atoms with E-state index < -0.39 is 0 Å². The molecule has 0 amide bonds. The summed E-state index contributed by atoms with van der Waals surface area (Å²) in [7, 11) is 0. The Morgan fingerprint density at radius 2 is 1.70 bits per heavy atom. The highest BCUT2D eigenvalue weighted by Crippen LogP contribution is 2.61. The van der Waals surface area contributed by atoms with Crippen LogP contribution in [-0.4, -0.2) is 23.6 Å². The van der Waals surface area contributed by atoms with Crippen LogP contribution in [0, 0.1) is 29.1 Å². The van der Waals surface area contributed by atoms with Crippen molar-refractivity contribution < 1.29 is 5.21 Å². The van der Waals surface area contributed by atoms with Gasteiger partial charge in [-0.2, -0.15) is 0 Å². The van der Waals surface area contributed by atoms with Gasteiger partial charge in [0.15, 0.2) is 0 Å². The van der Waals surface area contributed by atoms with E-state index in [4.69, 9.17) is 10.9 Å². The maximum atomic E-state index is 8.74. The van der Waals surface area contributed by atoms with Crippen LogP contribution in [0.5, 0.6) is 0 Å². The van der Waals surface area contributed by atoms with Gasteiger partial charge in [-0.15, -0.1) is 0 Å². The third kappa shape index (κ3) is 2.43. The van der Waals surface area contributed by atoms with Crippen LogP contribution in [0.4, 0.5) is 0 Å². The molecule has 4 aliphatic carbocycles. The van der Waals surface area contributed by atoms with Crippen molar-refractivity contribution in [3.8, 4) is 0 Å². The Hall–Kier alpha value is -0.770. The van der Waals surface area contributed by atoms with E-state index in [2.05, 4.69) is 17.4 Å². The molecule has 20 heavy (non-hydrogen) atoms. The molecule has 2 atom stereocenters. The maximum absolute atomic E-state index is 8.74. The summed E-state index contributed by atoms with van der Waals surface area (Å²) < 4.78 is 0. The van der Waals surface area contributed by atoms with Crippen molar-refractivity contribution in [3.05, 3.63) is 0 Å². The zero-order valence-corrected chi connectivity index (χ0v) is 12.8. The summed E-state index contributed by atoms with van der Waals surface area (Å²) in [6, 6.07) is 0.546. The van der Waals surface area contributed by atoms with Gasteiger partial charge in [-0.25, -0.2) is 0 Å². The Morgan fingerprint density at radius 1 is 1.20 bits per heavy atom. The molecule has 2 unspecified atom stereocenters. The van der Waals surface area contributed by atoms with Gasteiger partial charge in [0, 0.05) is 18.5 Å². The summed E-state index contributed by atoms with van der Waals surface area (Å²) in [5, 5.41) is 15.5. The fraction of sp³-hybridized carbons (Fsp3) is 0.938. The fourth-order valence-electron chi connectivity index (χ4n) is 5.48. The Labute approximate surface area is 122 Å². The number of rotatable bonds is 5. The molecule has 0 radical (unpaired) electrons. The average Bonchev–Trinajstić information content (AvgIpc) is 2.41. The molecule has 4 fully saturated rings. The Morgan fingerprint density at radius 3 is 2.15 bits per heavy atom. The van der Waals surface area contributed by atoms with Crippen LogP contribution in [0.1, 0.15) is 52.4 Å². The predicted octanol–water partition coefficient (Wildman–Crippen LogP) is 2.56. The smallest absolute Gasteiger partial charge is 0.143 e. The molecule has 4 nitrogen and oxygen atoms in total. The third-order valence-corrected chi connectivity index (χ3v) is 6.35. The van der Waals surface area contributed by atoms with Crippen molar-refractivity contribution in [2.24, 2.45) is 40.0 Å². The molecule has 4 rings (SSSR count). The molecular formula is C16H29N3O. The second-order valence-corrected chi connectivity index (χ2v) is 7.84. The van der Waals surface area contributed by atoms with E-state index in [-0.39, 0.29) is 5.92 Å².